The Hall–Kier alpha value is 0.350. The molecule has 0 radical (unpaired) electrons. The Morgan fingerprint density at radius 2 is 2.10 bits per heavy atom. The van der Waals surface area contributed by atoms with Gasteiger partial charge in [0.2, 0.25) is 0 Å². The number of guanidine groups is 1. The summed E-state index contributed by atoms with van der Waals surface area (Å²) in [6, 6.07) is 0.618. The highest BCUT2D eigenvalue weighted by atomic mass is 127. The van der Waals surface area contributed by atoms with Gasteiger partial charge in [-0.3, -0.25) is 4.99 Å². The van der Waals surface area contributed by atoms with Gasteiger partial charge in [0.1, 0.15) is 0 Å². The van der Waals surface area contributed by atoms with Crippen LogP contribution >= 0.6 is 35.7 Å². The Morgan fingerprint density at radius 1 is 1.30 bits per heavy atom. The van der Waals surface area contributed by atoms with Gasteiger partial charge in [-0.15, -0.1) is 24.0 Å². The van der Waals surface area contributed by atoms with Crippen LogP contribution in [0.5, 0.6) is 0 Å². The van der Waals surface area contributed by atoms with Crippen molar-refractivity contribution in [2.24, 2.45) is 10.9 Å². The van der Waals surface area contributed by atoms with E-state index >= 15 is 0 Å². The van der Waals surface area contributed by atoms with Crippen LogP contribution in [0.2, 0.25) is 0 Å². The van der Waals surface area contributed by atoms with Crippen LogP contribution in [-0.4, -0.2) is 37.1 Å². The van der Waals surface area contributed by atoms with Crippen molar-refractivity contribution in [2.45, 2.75) is 58.4 Å². The number of rotatable bonds is 7. The molecule has 1 fully saturated rings. The summed E-state index contributed by atoms with van der Waals surface area (Å²) < 4.78 is 0. The van der Waals surface area contributed by atoms with E-state index in [1.165, 1.54) is 44.3 Å². The normalized spacial score (nSPS) is 23.1. The lowest BCUT2D eigenvalue weighted by molar-refractivity contribution is 0.324. The van der Waals surface area contributed by atoms with Crippen LogP contribution in [0.4, 0.5) is 0 Å². The van der Waals surface area contributed by atoms with E-state index in [1.54, 1.807) is 0 Å². The second kappa shape index (κ2) is 13.0. The molecule has 3 nitrogen and oxygen atoms in total. The average molecular weight is 413 g/mol. The van der Waals surface area contributed by atoms with E-state index in [9.17, 15) is 0 Å². The predicted octanol–water partition coefficient (Wildman–Crippen LogP) is 3.88. The lowest BCUT2D eigenvalue weighted by atomic mass is 9.87. The smallest absolute Gasteiger partial charge is 0.191 e. The van der Waals surface area contributed by atoms with E-state index in [0.717, 1.165) is 25.0 Å². The topological polar surface area (TPSA) is 36.4 Å². The highest BCUT2D eigenvalue weighted by molar-refractivity contribution is 14.0. The summed E-state index contributed by atoms with van der Waals surface area (Å²) in [4.78, 5) is 4.69. The molecule has 0 heterocycles. The summed E-state index contributed by atoms with van der Waals surface area (Å²) in [5.74, 6) is 3.13. The fourth-order valence-electron chi connectivity index (χ4n) is 2.63. The zero-order valence-corrected chi connectivity index (χ0v) is 16.4. The highest BCUT2D eigenvalue weighted by Gasteiger charge is 2.19. The molecule has 0 aromatic carbocycles. The molecule has 0 spiro atoms. The summed E-state index contributed by atoms with van der Waals surface area (Å²) in [5.41, 5.74) is 0. The van der Waals surface area contributed by atoms with Gasteiger partial charge in [-0.1, -0.05) is 19.8 Å². The third kappa shape index (κ3) is 9.32. The number of hydrogen-bond acceptors (Lipinski definition) is 2. The molecule has 20 heavy (non-hydrogen) atoms. The molecule has 0 saturated heterocycles. The van der Waals surface area contributed by atoms with Gasteiger partial charge in [-0.2, -0.15) is 11.8 Å². The summed E-state index contributed by atoms with van der Waals surface area (Å²) in [6.07, 6.45) is 9.95. The Morgan fingerprint density at radius 3 is 2.75 bits per heavy atom. The van der Waals surface area contributed by atoms with Gasteiger partial charge in [-0.05, 0) is 50.5 Å². The van der Waals surface area contributed by atoms with E-state index in [4.69, 9.17) is 0 Å². The summed E-state index contributed by atoms with van der Waals surface area (Å²) in [6.45, 7) is 6.38. The van der Waals surface area contributed by atoms with E-state index in [-0.39, 0.29) is 24.0 Å². The van der Waals surface area contributed by atoms with Gasteiger partial charge in [0.15, 0.2) is 5.96 Å². The number of hydrogen-bond donors (Lipinski definition) is 2. The number of halogens is 1. The Labute approximate surface area is 146 Å². The molecule has 1 saturated carbocycles. The molecular weight excluding hydrogens is 381 g/mol. The lowest BCUT2D eigenvalue weighted by Gasteiger charge is -2.28. The van der Waals surface area contributed by atoms with Crippen molar-refractivity contribution in [3.63, 3.8) is 0 Å². The zero-order valence-electron chi connectivity index (χ0n) is 13.3. The van der Waals surface area contributed by atoms with Gasteiger partial charge in [0.05, 0.1) is 0 Å². The minimum atomic E-state index is 0. The average Bonchev–Trinajstić information content (AvgIpc) is 2.38. The second-order valence-corrected chi connectivity index (χ2v) is 6.56. The standard InChI is InChI=1S/C15H31N3S.HI/c1-4-16-15(17-10-5-6-11-19-3)18-14-9-7-8-13(2)12-14;/h13-14H,4-12H2,1-3H3,(H2,16,17,18);1H. The molecule has 120 valence electrons. The molecule has 1 aliphatic rings. The summed E-state index contributed by atoms with van der Waals surface area (Å²) in [7, 11) is 0. The number of unbranched alkanes of at least 4 members (excludes halogenated alkanes) is 1. The van der Waals surface area contributed by atoms with Crippen molar-refractivity contribution in [1.29, 1.82) is 0 Å². The first kappa shape index (κ1) is 20.3. The quantitative estimate of drug-likeness (QED) is 0.288. The van der Waals surface area contributed by atoms with Crippen LogP contribution in [0.1, 0.15) is 52.4 Å². The van der Waals surface area contributed by atoms with E-state index < -0.39 is 0 Å². The van der Waals surface area contributed by atoms with E-state index in [0.29, 0.717) is 6.04 Å². The van der Waals surface area contributed by atoms with Crippen molar-refractivity contribution in [1.82, 2.24) is 10.6 Å². The van der Waals surface area contributed by atoms with Gasteiger partial charge < -0.3 is 10.6 Å². The lowest BCUT2D eigenvalue weighted by Crippen LogP contribution is -2.45. The van der Waals surface area contributed by atoms with Gasteiger partial charge in [0, 0.05) is 19.1 Å². The minimum Gasteiger partial charge on any atom is -0.357 e. The van der Waals surface area contributed by atoms with Crippen molar-refractivity contribution < 1.29 is 0 Å². The first-order chi connectivity index (χ1) is 9.26. The molecule has 2 unspecified atom stereocenters. The summed E-state index contributed by atoms with van der Waals surface area (Å²) >= 11 is 1.92. The van der Waals surface area contributed by atoms with Crippen LogP contribution in [-0.2, 0) is 0 Å². The zero-order chi connectivity index (χ0) is 13.9. The largest absolute Gasteiger partial charge is 0.357 e. The van der Waals surface area contributed by atoms with Crippen LogP contribution in [0.3, 0.4) is 0 Å². The van der Waals surface area contributed by atoms with Crippen molar-refractivity contribution in [3.8, 4) is 0 Å². The Bertz CT molecular complexity index is 262. The van der Waals surface area contributed by atoms with E-state index in [1.807, 2.05) is 11.8 Å². The number of nitrogens with zero attached hydrogens (tertiary/aromatic N) is 1. The molecule has 0 aromatic heterocycles. The van der Waals surface area contributed by atoms with Crippen molar-refractivity contribution in [3.05, 3.63) is 0 Å². The van der Waals surface area contributed by atoms with Crippen LogP contribution in [0, 0.1) is 5.92 Å². The predicted molar refractivity (Wildman–Crippen MR) is 104 cm³/mol. The summed E-state index contributed by atoms with van der Waals surface area (Å²) in [5, 5.41) is 6.98. The maximum absolute atomic E-state index is 4.69. The molecule has 0 amide bonds. The number of nitrogens with one attached hydrogen (secondary N) is 2. The Kier molecular flexibility index (Phi) is 13.3. The first-order valence-electron chi connectivity index (χ1n) is 7.80. The molecular formula is C15H32IN3S. The van der Waals surface area contributed by atoms with Crippen molar-refractivity contribution >= 4 is 41.7 Å². The molecule has 0 aliphatic heterocycles. The van der Waals surface area contributed by atoms with Gasteiger partial charge in [0.25, 0.3) is 0 Å². The molecule has 0 aromatic rings. The first-order valence-corrected chi connectivity index (χ1v) is 9.19. The third-order valence-electron chi connectivity index (χ3n) is 3.65. The fourth-order valence-corrected chi connectivity index (χ4v) is 3.12. The van der Waals surface area contributed by atoms with Gasteiger partial charge >= 0.3 is 0 Å². The minimum absolute atomic E-state index is 0. The number of thioether (sulfide) groups is 1. The Balaban J connectivity index is 0.00000361. The highest BCUT2D eigenvalue weighted by Crippen LogP contribution is 2.23. The van der Waals surface area contributed by atoms with Crippen LogP contribution in [0.15, 0.2) is 4.99 Å². The van der Waals surface area contributed by atoms with Crippen LogP contribution in [0.25, 0.3) is 0 Å². The van der Waals surface area contributed by atoms with Crippen molar-refractivity contribution in [2.75, 3.05) is 25.1 Å². The number of aliphatic imine (C=N–C) groups is 1. The van der Waals surface area contributed by atoms with Gasteiger partial charge in [-0.25, -0.2) is 0 Å². The maximum Gasteiger partial charge on any atom is 0.191 e. The molecule has 2 N–H and O–H groups in total. The molecule has 0 bridgehead atoms. The van der Waals surface area contributed by atoms with E-state index in [2.05, 4.69) is 35.7 Å². The molecule has 2 atom stereocenters. The SMILES string of the molecule is CCNC(=NCCCCSC)NC1CCCC(C)C1.I. The second-order valence-electron chi connectivity index (χ2n) is 5.57. The molecule has 5 heteroatoms. The van der Waals surface area contributed by atoms with Crippen LogP contribution < -0.4 is 10.6 Å². The third-order valence-corrected chi connectivity index (χ3v) is 4.34. The maximum atomic E-state index is 4.69. The fraction of sp³-hybridized carbons (Fsp3) is 0.933. The molecule has 1 rings (SSSR count). The molecule has 1 aliphatic carbocycles. The monoisotopic (exact) mass is 413 g/mol.